The molecule has 77 valence electrons. The fourth-order valence-electron chi connectivity index (χ4n) is 1.98. The lowest BCUT2D eigenvalue weighted by Crippen LogP contribution is -2.01. The second kappa shape index (κ2) is 5.19. The normalized spacial score (nSPS) is 10.9. The van der Waals surface area contributed by atoms with Gasteiger partial charge in [0.2, 0.25) is 0 Å². The number of rotatable bonds is 4. The largest absolute Gasteiger partial charge is 0.0651 e. The molecular formula is C14H21. The summed E-state index contributed by atoms with van der Waals surface area (Å²) in [5, 5.41) is 0. The fraction of sp³-hybridized carbons (Fsp3) is 0.571. The molecule has 1 aromatic rings. The molecular weight excluding hydrogens is 168 g/mol. The average molecular weight is 189 g/mol. The summed E-state index contributed by atoms with van der Waals surface area (Å²) in [7, 11) is 0. The highest BCUT2D eigenvalue weighted by molar-refractivity contribution is 5.36. The molecule has 0 spiro atoms. The minimum atomic E-state index is 0.600. The van der Waals surface area contributed by atoms with Crippen molar-refractivity contribution in [3.8, 4) is 0 Å². The van der Waals surface area contributed by atoms with Crippen LogP contribution in [0.15, 0.2) is 12.1 Å². The zero-order valence-electron chi connectivity index (χ0n) is 9.85. The van der Waals surface area contributed by atoms with Gasteiger partial charge in [0.1, 0.15) is 0 Å². The van der Waals surface area contributed by atoms with E-state index in [0.717, 1.165) is 6.42 Å². The predicted octanol–water partition coefficient (Wildman–Crippen LogP) is 4.13. The summed E-state index contributed by atoms with van der Waals surface area (Å²) in [6.07, 6.45) is 3.57. The molecule has 1 aromatic carbocycles. The Labute approximate surface area is 88.4 Å². The van der Waals surface area contributed by atoms with E-state index in [1.807, 2.05) is 0 Å². The first-order chi connectivity index (χ1) is 6.70. The molecule has 1 rings (SSSR count). The van der Waals surface area contributed by atoms with Crippen LogP contribution < -0.4 is 0 Å². The molecule has 0 aliphatic heterocycles. The lowest BCUT2D eigenvalue weighted by Gasteiger charge is -2.15. The van der Waals surface area contributed by atoms with Crippen LogP contribution >= 0.6 is 0 Å². The molecule has 0 aliphatic rings. The van der Waals surface area contributed by atoms with Crippen LogP contribution in [0.4, 0.5) is 0 Å². The van der Waals surface area contributed by atoms with Gasteiger partial charge < -0.3 is 0 Å². The van der Waals surface area contributed by atoms with Crippen molar-refractivity contribution in [3.05, 3.63) is 34.9 Å². The van der Waals surface area contributed by atoms with Crippen LogP contribution in [0.2, 0.25) is 0 Å². The molecule has 0 heterocycles. The predicted molar refractivity (Wildman–Crippen MR) is 62.7 cm³/mol. The minimum Gasteiger partial charge on any atom is -0.0651 e. The lowest BCUT2D eigenvalue weighted by molar-refractivity contribution is 0.807. The van der Waals surface area contributed by atoms with Gasteiger partial charge in [-0.25, -0.2) is 0 Å². The van der Waals surface area contributed by atoms with Gasteiger partial charge in [0.25, 0.3) is 0 Å². The molecule has 0 atom stereocenters. The zero-order chi connectivity index (χ0) is 10.6. The second-order valence-electron chi connectivity index (χ2n) is 4.15. The van der Waals surface area contributed by atoms with Crippen molar-refractivity contribution in [1.29, 1.82) is 0 Å². The van der Waals surface area contributed by atoms with Crippen molar-refractivity contribution in [3.63, 3.8) is 0 Å². The molecule has 0 aliphatic carbocycles. The SMILES string of the molecule is CCCc1c(C(C)C)[c]ccc1CC. The molecule has 14 heavy (non-hydrogen) atoms. The van der Waals surface area contributed by atoms with Crippen molar-refractivity contribution in [1.82, 2.24) is 0 Å². The Hall–Kier alpha value is -0.780. The third-order valence-corrected chi connectivity index (χ3v) is 2.69. The van der Waals surface area contributed by atoms with E-state index in [2.05, 4.69) is 45.9 Å². The molecule has 0 nitrogen and oxygen atoms in total. The van der Waals surface area contributed by atoms with E-state index in [-0.39, 0.29) is 0 Å². The van der Waals surface area contributed by atoms with Gasteiger partial charge in [-0.05, 0) is 41.5 Å². The lowest BCUT2D eigenvalue weighted by atomic mass is 9.90. The number of hydrogen-bond donors (Lipinski definition) is 0. The zero-order valence-corrected chi connectivity index (χ0v) is 9.85. The maximum Gasteiger partial charge on any atom is -0.0143 e. The topological polar surface area (TPSA) is 0 Å². The van der Waals surface area contributed by atoms with Gasteiger partial charge in [-0.1, -0.05) is 46.2 Å². The Bertz CT molecular complexity index is 284. The standard InChI is InChI=1S/C14H21/c1-5-8-14-12(6-2)9-7-10-13(14)11(3)4/h7,9,11H,5-6,8H2,1-4H3. The van der Waals surface area contributed by atoms with E-state index in [9.17, 15) is 0 Å². The summed E-state index contributed by atoms with van der Waals surface area (Å²) in [4.78, 5) is 0. The van der Waals surface area contributed by atoms with Crippen LogP contribution in [-0.2, 0) is 12.8 Å². The molecule has 0 amide bonds. The molecule has 0 saturated carbocycles. The maximum atomic E-state index is 3.40. The third-order valence-electron chi connectivity index (χ3n) is 2.69. The molecule has 0 heteroatoms. The maximum absolute atomic E-state index is 3.40. The van der Waals surface area contributed by atoms with Gasteiger partial charge >= 0.3 is 0 Å². The van der Waals surface area contributed by atoms with Crippen molar-refractivity contribution in [2.75, 3.05) is 0 Å². The van der Waals surface area contributed by atoms with Crippen LogP contribution in [-0.4, -0.2) is 0 Å². The van der Waals surface area contributed by atoms with Crippen molar-refractivity contribution in [2.45, 2.75) is 52.9 Å². The summed E-state index contributed by atoms with van der Waals surface area (Å²) in [6, 6.07) is 7.69. The third kappa shape index (κ3) is 2.37. The summed E-state index contributed by atoms with van der Waals surface area (Å²) in [6.45, 7) is 8.99. The molecule has 0 saturated heterocycles. The first-order valence-corrected chi connectivity index (χ1v) is 5.73. The Balaban J connectivity index is 3.13. The van der Waals surface area contributed by atoms with Crippen molar-refractivity contribution in [2.24, 2.45) is 0 Å². The highest BCUT2D eigenvalue weighted by Gasteiger charge is 2.09. The molecule has 0 aromatic heterocycles. The number of hydrogen-bond acceptors (Lipinski definition) is 0. The smallest absolute Gasteiger partial charge is 0.0143 e. The van der Waals surface area contributed by atoms with Crippen molar-refractivity contribution < 1.29 is 0 Å². The highest BCUT2D eigenvalue weighted by Crippen LogP contribution is 2.23. The van der Waals surface area contributed by atoms with Crippen LogP contribution in [0.3, 0.4) is 0 Å². The van der Waals surface area contributed by atoms with Gasteiger partial charge in [0.05, 0.1) is 0 Å². The van der Waals surface area contributed by atoms with Crippen LogP contribution in [0.1, 0.15) is 56.7 Å². The van der Waals surface area contributed by atoms with E-state index in [0.29, 0.717) is 5.92 Å². The van der Waals surface area contributed by atoms with Gasteiger partial charge in [-0.2, -0.15) is 0 Å². The Kier molecular flexibility index (Phi) is 4.19. The van der Waals surface area contributed by atoms with E-state index in [1.165, 1.54) is 24.0 Å². The summed E-state index contributed by atoms with van der Waals surface area (Å²) in [5.41, 5.74) is 4.48. The second-order valence-corrected chi connectivity index (χ2v) is 4.15. The van der Waals surface area contributed by atoms with Gasteiger partial charge in [0, 0.05) is 0 Å². The van der Waals surface area contributed by atoms with E-state index in [4.69, 9.17) is 0 Å². The van der Waals surface area contributed by atoms with Crippen LogP contribution in [0, 0.1) is 6.07 Å². The summed E-state index contributed by atoms with van der Waals surface area (Å²) in [5.74, 6) is 0.600. The van der Waals surface area contributed by atoms with E-state index in [1.54, 1.807) is 5.56 Å². The van der Waals surface area contributed by atoms with Crippen molar-refractivity contribution >= 4 is 0 Å². The molecule has 0 N–H and O–H groups in total. The first kappa shape index (κ1) is 11.3. The Morgan fingerprint density at radius 3 is 2.50 bits per heavy atom. The first-order valence-electron chi connectivity index (χ1n) is 5.73. The highest BCUT2D eigenvalue weighted by atomic mass is 14.1. The Morgan fingerprint density at radius 1 is 1.29 bits per heavy atom. The monoisotopic (exact) mass is 189 g/mol. The van der Waals surface area contributed by atoms with Gasteiger partial charge in [-0.15, -0.1) is 0 Å². The van der Waals surface area contributed by atoms with E-state index < -0.39 is 0 Å². The molecule has 1 radical (unpaired) electrons. The molecule has 0 unspecified atom stereocenters. The van der Waals surface area contributed by atoms with Gasteiger partial charge in [-0.3, -0.25) is 0 Å². The quantitative estimate of drug-likeness (QED) is 0.668. The minimum absolute atomic E-state index is 0.600. The Morgan fingerprint density at radius 2 is 2.00 bits per heavy atom. The number of benzene rings is 1. The summed E-state index contributed by atoms with van der Waals surface area (Å²) >= 11 is 0. The van der Waals surface area contributed by atoms with Crippen LogP contribution in [0.25, 0.3) is 0 Å². The molecule has 0 bridgehead atoms. The van der Waals surface area contributed by atoms with Gasteiger partial charge in [0.15, 0.2) is 0 Å². The molecule has 0 fully saturated rings. The number of aryl methyl sites for hydroxylation is 1. The van der Waals surface area contributed by atoms with Crippen LogP contribution in [0.5, 0.6) is 0 Å². The fourth-order valence-corrected chi connectivity index (χ4v) is 1.98. The average Bonchev–Trinajstić information content (AvgIpc) is 2.18. The van der Waals surface area contributed by atoms with E-state index >= 15 is 0 Å². The summed E-state index contributed by atoms with van der Waals surface area (Å²) < 4.78 is 0.